The van der Waals surface area contributed by atoms with E-state index in [4.69, 9.17) is 16.3 Å². The van der Waals surface area contributed by atoms with Crippen LogP contribution >= 0.6 is 24.0 Å². The van der Waals surface area contributed by atoms with Gasteiger partial charge in [0.25, 0.3) is 11.8 Å². The van der Waals surface area contributed by atoms with Crippen molar-refractivity contribution in [2.45, 2.75) is 45.1 Å². The van der Waals surface area contributed by atoms with Crippen LogP contribution in [0.5, 0.6) is 5.75 Å². The first-order valence-corrected chi connectivity index (χ1v) is 12.5. The van der Waals surface area contributed by atoms with E-state index in [2.05, 4.69) is 41.7 Å². The highest BCUT2D eigenvalue weighted by molar-refractivity contribution is 6.30. The average Bonchev–Trinajstić information content (AvgIpc) is 2.85. The number of hydrogen-bond donors (Lipinski definition) is 3. The summed E-state index contributed by atoms with van der Waals surface area (Å²) < 4.78 is 20.5. The molecule has 3 aromatic rings. The second-order valence-corrected chi connectivity index (χ2v) is 10.4. The summed E-state index contributed by atoms with van der Waals surface area (Å²) in [6.07, 6.45) is 3.03. The maximum Gasteiger partial charge on any atom is 0.259 e. The SMILES string of the molecule is CC(C)(C)c1ccc(C(=O)Nc2cc(F)ccc2C(=O)Nc2ccc(Cl)cn2)c(OC2CCNCC2)c1.Cl. The molecule has 202 valence electrons. The number of pyridine rings is 1. The Morgan fingerprint density at radius 1 is 1.00 bits per heavy atom. The Morgan fingerprint density at radius 2 is 1.68 bits per heavy atom. The van der Waals surface area contributed by atoms with Crippen LogP contribution in [0.4, 0.5) is 15.9 Å². The Labute approximate surface area is 232 Å². The van der Waals surface area contributed by atoms with E-state index < -0.39 is 17.6 Å². The first-order chi connectivity index (χ1) is 17.6. The van der Waals surface area contributed by atoms with Crippen molar-refractivity contribution in [1.29, 1.82) is 0 Å². The van der Waals surface area contributed by atoms with Crippen molar-refractivity contribution in [2.75, 3.05) is 23.7 Å². The van der Waals surface area contributed by atoms with Crippen LogP contribution in [0.2, 0.25) is 5.02 Å². The van der Waals surface area contributed by atoms with Gasteiger partial charge in [-0.1, -0.05) is 38.4 Å². The van der Waals surface area contributed by atoms with Crippen LogP contribution in [-0.4, -0.2) is 36.0 Å². The fourth-order valence-electron chi connectivity index (χ4n) is 4.01. The number of ether oxygens (including phenoxy) is 1. The van der Waals surface area contributed by atoms with E-state index in [1.807, 2.05) is 12.1 Å². The number of halogens is 3. The normalized spacial score (nSPS) is 13.8. The zero-order chi connectivity index (χ0) is 26.6. The number of carbonyl (C=O) groups excluding carboxylic acids is 2. The van der Waals surface area contributed by atoms with Crippen molar-refractivity contribution in [2.24, 2.45) is 0 Å². The fourth-order valence-corrected chi connectivity index (χ4v) is 4.12. The van der Waals surface area contributed by atoms with E-state index in [-0.39, 0.29) is 41.0 Å². The number of nitrogens with one attached hydrogen (secondary N) is 3. The van der Waals surface area contributed by atoms with Crippen LogP contribution in [0, 0.1) is 5.82 Å². The molecule has 0 spiro atoms. The van der Waals surface area contributed by atoms with E-state index in [1.165, 1.54) is 12.3 Å². The largest absolute Gasteiger partial charge is 0.489 e. The molecule has 7 nitrogen and oxygen atoms in total. The number of amides is 2. The molecule has 3 N–H and O–H groups in total. The van der Waals surface area contributed by atoms with E-state index in [9.17, 15) is 14.0 Å². The van der Waals surface area contributed by atoms with E-state index in [0.717, 1.165) is 43.6 Å². The Balaban J connectivity index is 0.00000400. The zero-order valence-corrected chi connectivity index (χ0v) is 23.0. The van der Waals surface area contributed by atoms with Crippen molar-refractivity contribution in [3.05, 3.63) is 82.3 Å². The summed E-state index contributed by atoms with van der Waals surface area (Å²) in [5, 5.41) is 9.07. The molecule has 0 bridgehead atoms. The molecule has 1 fully saturated rings. The van der Waals surface area contributed by atoms with Crippen molar-refractivity contribution in [3.63, 3.8) is 0 Å². The van der Waals surface area contributed by atoms with E-state index in [0.29, 0.717) is 16.3 Å². The van der Waals surface area contributed by atoms with Gasteiger partial charge in [0.15, 0.2) is 0 Å². The number of aromatic nitrogens is 1. The second kappa shape index (κ2) is 12.6. The van der Waals surface area contributed by atoms with Crippen molar-refractivity contribution in [1.82, 2.24) is 10.3 Å². The smallest absolute Gasteiger partial charge is 0.259 e. The lowest BCUT2D eigenvalue weighted by Crippen LogP contribution is -2.34. The second-order valence-electron chi connectivity index (χ2n) is 9.99. The summed E-state index contributed by atoms with van der Waals surface area (Å²) in [6, 6.07) is 12.2. The molecule has 10 heteroatoms. The molecule has 0 aliphatic carbocycles. The Hall–Kier alpha value is -3.20. The first-order valence-electron chi connectivity index (χ1n) is 12.2. The number of benzene rings is 2. The lowest BCUT2D eigenvalue weighted by molar-refractivity contribution is 0.101. The van der Waals surface area contributed by atoms with E-state index >= 15 is 0 Å². The summed E-state index contributed by atoms with van der Waals surface area (Å²) in [5.74, 6) is -0.921. The first kappa shape index (κ1) is 29.4. The van der Waals surface area contributed by atoms with Gasteiger partial charge in [-0.05, 0) is 79.4 Å². The maximum absolute atomic E-state index is 14.2. The highest BCUT2D eigenvalue weighted by Gasteiger charge is 2.24. The highest BCUT2D eigenvalue weighted by atomic mass is 35.5. The van der Waals surface area contributed by atoms with Gasteiger partial charge >= 0.3 is 0 Å². The minimum atomic E-state index is -0.592. The van der Waals surface area contributed by atoms with Gasteiger partial charge in [0, 0.05) is 6.20 Å². The molecule has 1 aromatic heterocycles. The van der Waals surface area contributed by atoms with Crippen LogP contribution in [0.3, 0.4) is 0 Å². The van der Waals surface area contributed by atoms with Crippen LogP contribution < -0.4 is 20.7 Å². The number of hydrogen-bond acceptors (Lipinski definition) is 5. The summed E-state index contributed by atoms with van der Waals surface area (Å²) >= 11 is 5.85. The molecular formula is C28H31Cl2FN4O3. The van der Waals surface area contributed by atoms with Crippen LogP contribution in [0.25, 0.3) is 0 Å². The molecular weight excluding hydrogens is 530 g/mol. The summed E-state index contributed by atoms with van der Waals surface area (Å²) in [5.41, 5.74) is 1.30. The van der Waals surface area contributed by atoms with Crippen LogP contribution in [0.1, 0.15) is 59.9 Å². The summed E-state index contributed by atoms with van der Waals surface area (Å²) in [7, 11) is 0. The topological polar surface area (TPSA) is 92.4 Å². The molecule has 2 heterocycles. The van der Waals surface area contributed by atoms with Crippen molar-refractivity contribution >= 4 is 47.3 Å². The lowest BCUT2D eigenvalue weighted by Gasteiger charge is -2.27. The Kier molecular flexibility index (Phi) is 9.71. The quantitative estimate of drug-likeness (QED) is 0.332. The molecule has 1 saturated heterocycles. The van der Waals surface area contributed by atoms with E-state index in [1.54, 1.807) is 18.2 Å². The molecule has 0 unspecified atom stereocenters. The number of carbonyl (C=O) groups is 2. The molecule has 4 rings (SSSR count). The number of rotatable bonds is 6. The molecule has 1 aliphatic rings. The number of nitrogens with zero attached hydrogens (tertiary/aromatic N) is 1. The Bertz CT molecular complexity index is 1290. The zero-order valence-electron chi connectivity index (χ0n) is 21.4. The molecule has 0 radical (unpaired) electrons. The highest BCUT2D eigenvalue weighted by Crippen LogP contribution is 2.31. The van der Waals surface area contributed by atoms with Gasteiger partial charge < -0.3 is 20.7 Å². The monoisotopic (exact) mass is 560 g/mol. The minimum absolute atomic E-state index is 0. The molecule has 38 heavy (non-hydrogen) atoms. The fraction of sp³-hybridized carbons (Fsp3) is 0.321. The van der Waals surface area contributed by atoms with Crippen molar-refractivity contribution in [3.8, 4) is 5.75 Å². The number of piperidine rings is 1. The molecule has 0 saturated carbocycles. The predicted molar refractivity (Wildman–Crippen MR) is 150 cm³/mol. The third kappa shape index (κ3) is 7.43. The van der Waals surface area contributed by atoms with Gasteiger partial charge in [-0.2, -0.15) is 0 Å². The lowest BCUT2D eigenvalue weighted by atomic mass is 9.86. The Morgan fingerprint density at radius 3 is 2.34 bits per heavy atom. The molecule has 1 aliphatic heterocycles. The van der Waals surface area contributed by atoms with Gasteiger partial charge in [-0.15, -0.1) is 12.4 Å². The standard InChI is InChI=1S/C28H30ClFN4O3.ClH/c1-28(2,3)17-4-7-22(24(14-17)37-20-10-12-31-13-11-20)27(36)33-23-15-19(30)6-8-21(23)26(35)34-25-9-5-18(29)16-32-25;/h4-9,14-16,20,31H,10-13H2,1-3H3,(H,33,36)(H,32,34,35);1H. The van der Waals surface area contributed by atoms with Gasteiger partial charge in [0.2, 0.25) is 0 Å². The third-order valence-corrected chi connectivity index (χ3v) is 6.34. The third-order valence-electron chi connectivity index (χ3n) is 6.12. The molecule has 2 aromatic carbocycles. The average molecular weight is 561 g/mol. The maximum atomic E-state index is 14.2. The van der Waals surface area contributed by atoms with Gasteiger partial charge in [-0.25, -0.2) is 9.37 Å². The van der Waals surface area contributed by atoms with Crippen LogP contribution in [-0.2, 0) is 5.41 Å². The molecule has 0 atom stereocenters. The van der Waals surface area contributed by atoms with Gasteiger partial charge in [0.1, 0.15) is 23.5 Å². The van der Waals surface area contributed by atoms with Gasteiger partial charge in [-0.3, -0.25) is 9.59 Å². The summed E-state index contributed by atoms with van der Waals surface area (Å²) in [4.78, 5) is 30.4. The predicted octanol–water partition coefficient (Wildman–Crippen LogP) is 6.23. The van der Waals surface area contributed by atoms with Crippen molar-refractivity contribution < 1.29 is 18.7 Å². The van der Waals surface area contributed by atoms with Gasteiger partial charge in [0.05, 0.1) is 21.8 Å². The summed E-state index contributed by atoms with van der Waals surface area (Å²) in [6.45, 7) is 7.95. The van der Waals surface area contributed by atoms with Crippen LogP contribution in [0.15, 0.2) is 54.7 Å². The molecule has 2 amide bonds. The minimum Gasteiger partial charge on any atom is -0.489 e. The number of anilines is 2.